The van der Waals surface area contributed by atoms with Gasteiger partial charge in [-0.25, -0.2) is 0 Å². The van der Waals surface area contributed by atoms with Crippen molar-refractivity contribution in [3.8, 4) is 11.3 Å². The molecular formula is C24H27N3O. The van der Waals surface area contributed by atoms with Crippen molar-refractivity contribution in [2.24, 2.45) is 7.05 Å². The van der Waals surface area contributed by atoms with Crippen LogP contribution in [0.3, 0.4) is 0 Å². The Hall–Kier alpha value is -2.85. The van der Waals surface area contributed by atoms with E-state index >= 15 is 0 Å². The summed E-state index contributed by atoms with van der Waals surface area (Å²) in [5.41, 5.74) is 5.69. The highest BCUT2D eigenvalue weighted by Crippen LogP contribution is 2.24. The van der Waals surface area contributed by atoms with Gasteiger partial charge in [0.05, 0.1) is 0 Å². The molecule has 4 rings (SSSR count). The third kappa shape index (κ3) is 3.48. The molecule has 0 saturated carbocycles. The maximum absolute atomic E-state index is 13.1. The third-order valence-corrected chi connectivity index (χ3v) is 5.86. The van der Waals surface area contributed by atoms with Gasteiger partial charge in [0.2, 0.25) is 0 Å². The Kier molecular flexibility index (Phi) is 5.05. The van der Waals surface area contributed by atoms with Crippen LogP contribution in [0.5, 0.6) is 0 Å². The molecule has 28 heavy (non-hydrogen) atoms. The summed E-state index contributed by atoms with van der Waals surface area (Å²) in [5.74, 6) is 0.0666. The van der Waals surface area contributed by atoms with Crippen molar-refractivity contribution in [1.29, 1.82) is 0 Å². The Morgan fingerprint density at radius 1 is 0.964 bits per heavy atom. The molecule has 0 fully saturated rings. The van der Waals surface area contributed by atoms with Crippen LogP contribution in [0.4, 0.5) is 0 Å². The molecular weight excluding hydrogens is 346 g/mol. The summed E-state index contributed by atoms with van der Waals surface area (Å²) in [6.07, 6.45) is 0.979. The van der Waals surface area contributed by atoms with E-state index in [9.17, 15) is 4.79 Å². The van der Waals surface area contributed by atoms with Crippen LogP contribution in [0, 0.1) is 0 Å². The van der Waals surface area contributed by atoms with Crippen molar-refractivity contribution in [3.63, 3.8) is 0 Å². The summed E-state index contributed by atoms with van der Waals surface area (Å²) < 4.78 is 1.99. The molecule has 3 aromatic rings. The molecule has 0 bridgehead atoms. The maximum Gasteiger partial charge on any atom is 0.270 e. The SMILES string of the molecule is CN(C[C@@H]1Cc2ccccc2CN1C)C(=O)c1ccc(-c2ccccc2)n1C. The Bertz CT molecular complexity index is 977. The second-order valence-corrected chi connectivity index (χ2v) is 7.76. The number of carbonyl (C=O) groups is 1. The molecule has 0 N–H and O–H groups in total. The second kappa shape index (κ2) is 7.64. The molecule has 0 unspecified atom stereocenters. The molecule has 2 aromatic carbocycles. The molecule has 4 nitrogen and oxygen atoms in total. The zero-order valence-corrected chi connectivity index (χ0v) is 16.8. The fourth-order valence-electron chi connectivity index (χ4n) is 4.14. The zero-order chi connectivity index (χ0) is 19.7. The van der Waals surface area contributed by atoms with Gasteiger partial charge in [-0.1, -0.05) is 54.6 Å². The van der Waals surface area contributed by atoms with Crippen LogP contribution in [0.25, 0.3) is 11.3 Å². The highest BCUT2D eigenvalue weighted by molar-refractivity contribution is 5.93. The average molecular weight is 374 g/mol. The van der Waals surface area contributed by atoms with Crippen molar-refractivity contribution in [2.75, 3.05) is 20.6 Å². The lowest BCUT2D eigenvalue weighted by Gasteiger charge is -2.36. The normalized spacial score (nSPS) is 16.6. The van der Waals surface area contributed by atoms with E-state index in [0.29, 0.717) is 6.04 Å². The van der Waals surface area contributed by atoms with Crippen molar-refractivity contribution < 1.29 is 4.79 Å². The number of aromatic nitrogens is 1. The van der Waals surface area contributed by atoms with Crippen LogP contribution in [-0.2, 0) is 20.0 Å². The molecule has 2 heterocycles. The number of benzene rings is 2. The second-order valence-electron chi connectivity index (χ2n) is 7.76. The van der Waals surface area contributed by atoms with Gasteiger partial charge in [-0.2, -0.15) is 0 Å². The lowest BCUT2D eigenvalue weighted by Crippen LogP contribution is -2.46. The quantitative estimate of drug-likeness (QED) is 0.696. The van der Waals surface area contributed by atoms with E-state index in [2.05, 4.69) is 48.3 Å². The first-order chi connectivity index (χ1) is 13.5. The summed E-state index contributed by atoms with van der Waals surface area (Å²) in [6, 6.07) is 23.1. The van der Waals surface area contributed by atoms with Crippen LogP contribution >= 0.6 is 0 Å². The fraction of sp³-hybridized carbons (Fsp3) is 0.292. The number of amides is 1. The highest BCUT2D eigenvalue weighted by Gasteiger charge is 2.26. The van der Waals surface area contributed by atoms with Gasteiger partial charge in [-0.3, -0.25) is 9.69 Å². The molecule has 0 radical (unpaired) electrons. The number of rotatable bonds is 4. The topological polar surface area (TPSA) is 28.5 Å². The predicted octanol–water partition coefficient (Wildman–Crippen LogP) is 3.82. The minimum absolute atomic E-state index is 0.0666. The van der Waals surface area contributed by atoms with E-state index in [4.69, 9.17) is 0 Å². The van der Waals surface area contributed by atoms with Gasteiger partial charge in [0.1, 0.15) is 5.69 Å². The lowest BCUT2D eigenvalue weighted by atomic mass is 9.94. The molecule has 1 aliphatic rings. The number of nitrogens with zero attached hydrogens (tertiary/aromatic N) is 3. The number of carbonyl (C=O) groups excluding carboxylic acids is 1. The van der Waals surface area contributed by atoms with Gasteiger partial charge >= 0.3 is 0 Å². The maximum atomic E-state index is 13.1. The Balaban J connectivity index is 1.49. The Labute approximate surface area is 167 Å². The minimum atomic E-state index is 0.0666. The van der Waals surface area contributed by atoms with E-state index in [1.807, 2.05) is 53.9 Å². The van der Waals surface area contributed by atoms with Gasteiger partial charge < -0.3 is 9.47 Å². The van der Waals surface area contributed by atoms with Crippen LogP contribution in [-0.4, -0.2) is 47.0 Å². The van der Waals surface area contributed by atoms with Crippen LogP contribution in [0.2, 0.25) is 0 Å². The molecule has 1 amide bonds. The van der Waals surface area contributed by atoms with Gasteiger partial charge in [0.25, 0.3) is 5.91 Å². The Morgan fingerprint density at radius 2 is 1.64 bits per heavy atom. The van der Waals surface area contributed by atoms with Crippen molar-refractivity contribution in [2.45, 2.75) is 19.0 Å². The van der Waals surface area contributed by atoms with Crippen molar-refractivity contribution in [3.05, 3.63) is 83.6 Å². The number of likely N-dealkylation sites (N-methyl/N-ethyl adjacent to an activating group) is 2. The van der Waals surface area contributed by atoms with Crippen LogP contribution in [0.1, 0.15) is 21.6 Å². The van der Waals surface area contributed by atoms with Gasteiger partial charge in [0.15, 0.2) is 0 Å². The zero-order valence-electron chi connectivity index (χ0n) is 16.8. The standard InChI is InChI=1S/C24H27N3O/c1-25-16-20-12-8-7-11-19(20)15-21(25)17-26(2)24(28)23-14-13-22(27(23)3)18-9-5-4-6-10-18/h4-14,21H,15-17H2,1-3H3/t21-/m0/s1. The molecule has 1 atom stereocenters. The summed E-state index contributed by atoms with van der Waals surface area (Å²) in [5, 5.41) is 0. The summed E-state index contributed by atoms with van der Waals surface area (Å²) >= 11 is 0. The average Bonchev–Trinajstić information content (AvgIpc) is 3.10. The molecule has 0 spiro atoms. The van der Waals surface area contributed by atoms with Gasteiger partial charge in [-0.15, -0.1) is 0 Å². The first-order valence-electron chi connectivity index (χ1n) is 9.78. The molecule has 144 valence electrons. The van der Waals surface area contributed by atoms with Crippen LogP contribution in [0.15, 0.2) is 66.7 Å². The van der Waals surface area contributed by atoms with Gasteiger partial charge in [0, 0.05) is 38.9 Å². The van der Waals surface area contributed by atoms with E-state index in [1.165, 1.54) is 11.1 Å². The van der Waals surface area contributed by atoms with E-state index in [-0.39, 0.29) is 5.91 Å². The molecule has 0 aliphatic carbocycles. The smallest absolute Gasteiger partial charge is 0.270 e. The largest absolute Gasteiger partial charge is 0.340 e. The Morgan fingerprint density at radius 3 is 2.39 bits per heavy atom. The van der Waals surface area contributed by atoms with E-state index < -0.39 is 0 Å². The van der Waals surface area contributed by atoms with E-state index in [1.54, 1.807) is 0 Å². The summed E-state index contributed by atoms with van der Waals surface area (Å²) in [4.78, 5) is 17.3. The lowest BCUT2D eigenvalue weighted by molar-refractivity contribution is 0.0724. The van der Waals surface area contributed by atoms with E-state index in [0.717, 1.165) is 36.5 Å². The number of hydrogen-bond donors (Lipinski definition) is 0. The monoisotopic (exact) mass is 373 g/mol. The van der Waals surface area contributed by atoms with Crippen molar-refractivity contribution in [1.82, 2.24) is 14.4 Å². The first-order valence-corrected chi connectivity index (χ1v) is 9.78. The third-order valence-electron chi connectivity index (χ3n) is 5.86. The minimum Gasteiger partial charge on any atom is -0.340 e. The highest BCUT2D eigenvalue weighted by atomic mass is 16.2. The number of fused-ring (bicyclic) bond motifs is 1. The fourth-order valence-corrected chi connectivity index (χ4v) is 4.14. The van der Waals surface area contributed by atoms with Crippen molar-refractivity contribution >= 4 is 5.91 Å². The predicted molar refractivity (Wildman–Crippen MR) is 113 cm³/mol. The van der Waals surface area contributed by atoms with Crippen LogP contribution < -0.4 is 0 Å². The summed E-state index contributed by atoms with van der Waals surface area (Å²) in [7, 11) is 6.02. The van der Waals surface area contributed by atoms with Gasteiger partial charge in [-0.05, 0) is 42.3 Å². The first kappa shape index (κ1) is 18.5. The number of hydrogen-bond acceptors (Lipinski definition) is 2. The summed E-state index contributed by atoms with van der Waals surface area (Å²) in [6.45, 7) is 1.65. The molecule has 1 aromatic heterocycles. The molecule has 0 saturated heterocycles. The molecule has 4 heteroatoms. The molecule has 1 aliphatic heterocycles.